The highest BCUT2D eigenvalue weighted by Crippen LogP contribution is 2.03. The highest BCUT2D eigenvalue weighted by atomic mass is 16.5. The van der Waals surface area contributed by atoms with Gasteiger partial charge in [0.15, 0.2) is 0 Å². The van der Waals surface area contributed by atoms with Gasteiger partial charge in [0.2, 0.25) is 0 Å². The topological polar surface area (TPSA) is 39.2 Å². The maximum Gasteiger partial charge on any atom is 0.315 e. The third-order valence-electron chi connectivity index (χ3n) is 2.36. The Morgan fingerprint density at radius 3 is 2.56 bits per heavy atom. The monoisotopic (exact) mass is 239 g/mol. The van der Waals surface area contributed by atoms with E-state index in [-0.39, 0.29) is 12.4 Å². The SMILES string of the molecule is O=C(Cc1ccccc1)OC=Cc1ccncc1. The van der Waals surface area contributed by atoms with Crippen LogP contribution in [-0.2, 0) is 16.0 Å². The van der Waals surface area contributed by atoms with Crippen LogP contribution in [0.3, 0.4) is 0 Å². The Labute approximate surface area is 106 Å². The van der Waals surface area contributed by atoms with E-state index in [9.17, 15) is 4.79 Å². The van der Waals surface area contributed by atoms with E-state index in [1.807, 2.05) is 42.5 Å². The van der Waals surface area contributed by atoms with E-state index in [1.165, 1.54) is 6.26 Å². The van der Waals surface area contributed by atoms with Gasteiger partial charge >= 0.3 is 5.97 Å². The molecular weight excluding hydrogens is 226 g/mol. The van der Waals surface area contributed by atoms with E-state index in [1.54, 1.807) is 18.5 Å². The fourth-order valence-electron chi connectivity index (χ4n) is 1.47. The molecule has 0 aliphatic carbocycles. The lowest BCUT2D eigenvalue weighted by Gasteiger charge is -1.99. The lowest BCUT2D eigenvalue weighted by Crippen LogP contribution is -2.03. The summed E-state index contributed by atoms with van der Waals surface area (Å²) in [6.07, 6.45) is 6.78. The van der Waals surface area contributed by atoms with E-state index < -0.39 is 0 Å². The molecule has 1 heterocycles. The van der Waals surface area contributed by atoms with Gasteiger partial charge in [0, 0.05) is 12.4 Å². The van der Waals surface area contributed by atoms with E-state index in [2.05, 4.69) is 4.98 Å². The van der Waals surface area contributed by atoms with Crippen molar-refractivity contribution in [2.75, 3.05) is 0 Å². The zero-order valence-corrected chi connectivity index (χ0v) is 9.82. The molecule has 0 spiro atoms. The summed E-state index contributed by atoms with van der Waals surface area (Å²) in [5.41, 5.74) is 1.89. The standard InChI is InChI=1S/C15H13NO2/c17-15(12-14-4-2-1-3-5-14)18-11-8-13-6-9-16-10-7-13/h1-11H,12H2. The number of ether oxygens (including phenoxy) is 1. The molecule has 0 radical (unpaired) electrons. The molecule has 3 nitrogen and oxygen atoms in total. The minimum Gasteiger partial charge on any atom is -0.434 e. The number of carbonyl (C=O) groups is 1. The van der Waals surface area contributed by atoms with Gasteiger partial charge < -0.3 is 4.74 Å². The van der Waals surface area contributed by atoms with E-state index in [0.717, 1.165) is 11.1 Å². The van der Waals surface area contributed by atoms with Crippen molar-refractivity contribution in [3.05, 3.63) is 72.2 Å². The van der Waals surface area contributed by atoms with Crippen LogP contribution >= 0.6 is 0 Å². The zero-order valence-electron chi connectivity index (χ0n) is 9.82. The van der Waals surface area contributed by atoms with Crippen molar-refractivity contribution < 1.29 is 9.53 Å². The highest BCUT2D eigenvalue weighted by Gasteiger charge is 2.01. The van der Waals surface area contributed by atoms with E-state index in [0.29, 0.717) is 0 Å². The first-order chi connectivity index (χ1) is 8.84. The molecule has 0 saturated heterocycles. The van der Waals surface area contributed by atoms with Crippen molar-refractivity contribution in [2.24, 2.45) is 0 Å². The second kappa shape index (κ2) is 6.35. The fourth-order valence-corrected chi connectivity index (χ4v) is 1.47. The molecule has 2 rings (SSSR count). The molecule has 0 aliphatic rings. The van der Waals surface area contributed by atoms with Gasteiger partial charge in [-0.05, 0) is 29.3 Å². The normalized spacial score (nSPS) is 10.4. The maximum atomic E-state index is 11.5. The molecular formula is C15H13NO2. The number of pyridine rings is 1. The van der Waals surface area contributed by atoms with Crippen molar-refractivity contribution in [1.29, 1.82) is 0 Å². The van der Waals surface area contributed by atoms with Crippen LogP contribution in [0.4, 0.5) is 0 Å². The second-order valence-corrected chi connectivity index (χ2v) is 3.74. The third kappa shape index (κ3) is 3.87. The smallest absolute Gasteiger partial charge is 0.315 e. The Morgan fingerprint density at radius 1 is 1.11 bits per heavy atom. The Morgan fingerprint density at radius 2 is 1.83 bits per heavy atom. The number of benzene rings is 1. The molecule has 90 valence electrons. The average molecular weight is 239 g/mol. The van der Waals surface area contributed by atoms with Crippen LogP contribution < -0.4 is 0 Å². The first-order valence-corrected chi connectivity index (χ1v) is 5.64. The molecule has 1 aromatic carbocycles. The van der Waals surface area contributed by atoms with Crippen LogP contribution in [0, 0.1) is 0 Å². The summed E-state index contributed by atoms with van der Waals surface area (Å²) in [6.45, 7) is 0. The summed E-state index contributed by atoms with van der Waals surface area (Å²) >= 11 is 0. The first kappa shape index (κ1) is 12.0. The number of esters is 1. The largest absolute Gasteiger partial charge is 0.434 e. The highest BCUT2D eigenvalue weighted by molar-refractivity contribution is 5.73. The molecule has 0 N–H and O–H groups in total. The van der Waals surface area contributed by atoms with Crippen molar-refractivity contribution >= 4 is 12.0 Å². The minimum atomic E-state index is -0.272. The average Bonchev–Trinajstić information content (AvgIpc) is 2.41. The van der Waals surface area contributed by atoms with Crippen molar-refractivity contribution in [3.8, 4) is 0 Å². The molecule has 0 bridgehead atoms. The van der Waals surface area contributed by atoms with Gasteiger partial charge in [0.25, 0.3) is 0 Å². The second-order valence-electron chi connectivity index (χ2n) is 3.74. The molecule has 0 atom stereocenters. The van der Waals surface area contributed by atoms with Crippen LogP contribution in [0.2, 0.25) is 0 Å². The van der Waals surface area contributed by atoms with Crippen molar-refractivity contribution in [2.45, 2.75) is 6.42 Å². The molecule has 2 aromatic rings. The Bertz CT molecular complexity index is 521. The Balaban J connectivity index is 1.84. The van der Waals surface area contributed by atoms with Gasteiger partial charge in [-0.3, -0.25) is 9.78 Å². The maximum absolute atomic E-state index is 11.5. The predicted molar refractivity (Wildman–Crippen MR) is 69.5 cm³/mol. The van der Waals surface area contributed by atoms with E-state index >= 15 is 0 Å². The summed E-state index contributed by atoms with van der Waals surface area (Å²) in [6, 6.07) is 13.2. The number of aromatic nitrogens is 1. The number of hydrogen-bond acceptors (Lipinski definition) is 3. The molecule has 0 saturated carbocycles. The summed E-state index contributed by atoms with van der Waals surface area (Å²) in [5.74, 6) is -0.272. The van der Waals surface area contributed by atoms with Crippen LogP contribution in [0.25, 0.3) is 6.08 Å². The van der Waals surface area contributed by atoms with Gasteiger partial charge in [-0.2, -0.15) is 0 Å². The molecule has 1 aromatic heterocycles. The molecule has 3 heteroatoms. The number of rotatable bonds is 4. The molecule has 0 fully saturated rings. The Kier molecular flexibility index (Phi) is 4.25. The molecule has 0 amide bonds. The molecule has 18 heavy (non-hydrogen) atoms. The predicted octanol–water partition coefficient (Wildman–Crippen LogP) is 2.84. The van der Waals surface area contributed by atoms with Crippen LogP contribution in [0.5, 0.6) is 0 Å². The van der Waals surface area contributed by atoms with Crippen molar-refractivity contribution in [1.82, 2.24) is 4.98 Å². The first-order valence-electron chi connectivity index (χ1n) is 5.64. The van der Waals surface area contributed by atoms with Crippen molar-refractivity contribution in [3.63, 3.8) is 0 Å². The number of carbonyl (C=O) groups excluding carboxylic acids is 1. The number of nitrogens with zero attached hydrogens (tertiary/aromatic N) is 1. The van der Waals surface area contributed by atoms with Crippen LogP contribution in [0.15, 0.2) is 61.1 Å². The summed E-state index contributed by atoms with van der Waals surface area (Å²) in [4.78, 5) is 15.4. The van der Waals surface area contributed by atoms with E-state index in [4.69, 9.17) is 4.74 Å². The van der Waals surface area contributed by atoms with Gasteiger partial charge in [-0.1, -0.05) is 30.3 Å². The summed E-state index contributed by atoms with van der Waals surface area (Å²) < 4.78 is 5.01. The zero-order chi connectivity index (χ0) is 12.6. The van der Waals surface area contributed by atoms with Crippen LogP contribution in [-0.4, -0.2) is 11.0 Å². The lowest BCUT2D eigenvalue weighted by atomic mass is 10.2. The van der Waals surface area contributed by atoms with Gasteiger partial charge in [-0.15, -0.1) is 0 Å². The molecule has 0 unspecified atom stereocenters. The summed E-state index contributed by atoms with van der Waals surface area (Å²) in [7, 11) is 0. The minimum absolute atomic E-state index is 0.272. The molecule has 0 aliphatic heterocycles. The summed E-state index contributed by atoms with van der Waals surface area (Å²) in [5, 5.41) is 0. The third-order valence-corrected chi connectivity index (χ3v) is 2.36. The van der Waals surface area contributed by atoms with Gasteiger partial charge in [0.05, 0.1) is 12.7 Å². The lowest BCUT2D eigenvalue weighted by molar-refractivity contribution is -0.137. The van der Waals surface area contributed by atoms with Gasteiger partial charge in [0.1, 0.15) is 0 Å². The number of hydrogen-bond donors (Lipinski definition) is 0. The van der Waals surface area contributed by atoms with Gasteiger partial charge in [-0.25, -0.2) is 0 Å². The quantitative estimate of drug-likeness (QED) is 0.608. The fraction of sp³-hybridized carbons (Fsp3) is 0.0667. The Hall–Kier alpha value is -2.42. The van der Waals surface area contributed by atoms with Crippen LogP contribution in [0.1, 0.15) is 11.1 Å².